The van der Waals surface area contributed by atoms with Crippen molar-refractivity contribution in [1.29, 1.82) is 5.26 Å². The van der Waals surface area contributed by atoms with Gasteiger partial charge in [-0.25, -0.2) is 0 Å². The van der Waals surface area contributed by atoms with Crippen molar-refractivity contribution in [3.8, 4) is 6.07 Å². The van der Waals surface area contributed by atoms with Crippen LogP contribution in [0, 0.1) is 17.2 Å². The Morgan fingerprint density at radius 3 is 2.67 bits per heavy atom. The van der Waals surface area contributed by atoms with Gasteiger partial charge in [-0.2, -0.15) is 5.26 Å². The summed E-state index contributed by atoms with van der Waals surface area (Å²) < 4.78 is 10.2. The monoisotopic (exact) mass is 214 g/mol. The van der Waals surface area contributed by atoms with Crippen LogP contribution in [0.1, 0.15) is 13.3 Å². The average molecular weight is 214 g/mol. The molecule has 0 aliphatic rings. The summed E-state index contributed by atoms with van der Waals surface area (Å²) in [4.78, 5) is 2.16. The van der Waals surface area contributed by atoms with Crippen molar-refractivity contribution in [2.24, 2.45) is 5.92 Å². The van der Waals surface area contributed by atoms with Gasteiger partial charge in [-0.15, -0.1) is 0 Å². The summed E-state index contributed by atoms with van der Waals surface area (Å²) in [5.41, 5.74) is 0. The highest BCUT2D eigenvalue weighted by Crippen LogP contribution is 1.97. The predicted octanol–water partition coefficient (Wildman–Crippen LogP) is 1.13. The number of methoxy groups -OCH3 is 1. The fourth-order valence-corrected chi connectivity index (χ4v) is 1.28. The molecule has 1 atom stereocenters. The fourth-order valence-electron chi connectivity index (χ4n) is 1.28. The van der Waals surface area contributed by atoms with Crippen LogP contribution in [0.5, 0.6) is 0 Å². The molecule has 0 aliphatic heterocycles. The number of hydrogen-bond donors (Lipinski definition) is 0. The second-order valence-corrected chi connectivity index (χ2v) is 3.75. The molecule has 0 heterocycles. The highest BCUT2D eigenvalue weighted by atomic mass is 16.5. The first kappa shape index (κ1) is 14.4. The Balaban J connectivity index is 3.24. The third-order valence-corrected chi connectivity index (χ3v) is 2.07. The molecule has 0 N–H and O–H groups in total. The minimum atomic E-state index is 0.101. The lowest BCUT2D eigenvalue weighted by Gasteiger charge is -2.17. The van der Waals surface area contributed by atoms with Crippen LogP contribution in [-0.2, 0) is 9.47 Å². The van der Waals surface area contributed by atoms with Gasteiger partial charge >= 0.3 is 0 Å². The summed E-state index contributed by atoms with van der Waals surface area (Å²) in [6, 6.07) is 2.22. The van der Waals surface area contributed by atoms with E-state index in [2.05, 4.69) is 11.0 Å². The topological polar surface area (TPSA) is 45.5 Å². The SMILES string of the molecule is COCCOCCCN(C)CC(C)C#N. The van der Waals surface area contributed by atoms with Gasteiger partial charge in [-0.3, -0.25) is 0 Å². The summed E-state index contributed by atoms with van der Waals surface area (Å²) in [5, 5.41) is 8.64. The van der Waals surface area contributed by atoms with Crippen molar-refractivity contribution in [2.45, 2.75) is 13.3 Å². The van der Waals surface area contributed by atoms with Crippen LogP contribution in [0.4, 0.5) is 0 Å². The molecule has 0 saturated heterocycles. The smallest absolute Gasteiger partial charge is 0.0700 e. The van der Waals surface area contributed by atoms with Crippen LogP contribution in [0.2, 0.25) is 0 Å². The van der Waals surface area contributed by atoms with Crippen molar-refractivity contribution >= 4 is 0 Å². The van der Waals surface area contributed by atoms with Gasteiger partial charge in [0.05, 0.1) is 25.2 Å². The molecule has 0 saturated carbocycles. The van der Waals surface area contributed by atoms with Gasteiger partial charge in [0, 0.05) is 26.8 Å². The molecule has 0 radical (unpaired) electrons. The molecule has 4 heteroatoms. The van der Waals surface area contributed by atoms with E-state index < -0.39 is 0 Å². The summed E-state index contributed by atoms with van der Waals surface area (Å²) >= 11 is 0. The molecular weight excluding hydrogens is 192 g/mol. The Bertz CT molecular complexity index is 180. The molecule has 1 unspecified atom stereocenters. The van der Waals surface area contributed by atoms with E-state index in [1.165, 1.54) is 0 Å². The normalized spacial score (nSPS) is 12.7. The van der Waals surface area contributed by atoms with Crippen LogP contribution < -0.4 is 0 Å². The third-order valence-electron chi connectivity index (χ3n) is 2.07. The highest BCUT2D eigenvalue weighted by molar-refractivity contribution is 4.80. The van der Waals surface area contributed by atoms with Crippen molar-refractivity contribution in [1.82, 2.24) is 4.90 Å². The van der Waals surface area contributed by atoms with Crippen LogP contribution in [-0.4, -0.2) is 52.0 Å². The molecule has 88 valence electrons. The molecule has 0 aliphatic carbocycles. The van der Waals surface area contributed by atoms with Gasteiger partial charge in [0.2, 0.25) is 0 Å². The van der Waals surface area contributed by atoms with E-state index in [4.69, 9.17) is 14.7 Å². The molecule has 0 spiro atoms. The van der Waals surface area contributed by atoms with Crippen molar-refractivity contribution in [2.75, 3.05) is 47.1 Å². The molecule has 0 amide bonds. The molecule has 0 fully saturated rings. The fraction of sp³-hybridized carbons (Fsp3) is 0.909. The van der Waals surface area contributed by atoms with Gasteiger partial charge in [0.1, 0.15) is 0 Å². The Labute approximate surface area is 92.8 Å². The Hall–Kier alpha value is -0.630. The Kier molecular flexibility index (Phi) is 9.49. The van der Waals surface area contributed by atoms with Gasteiger partial charge in [0.25, 0.3) is 0 Å². The first-order valence-electron chi connectivity index (χ1n) is 5.35. The van der Waals surface area contributed by atoms with E-state index in [1.54, 1.807) is 7.11 Å². The van der Waals surface area contributed by atoms with Crippen molar-refractivity contribution in [3.05, 3.63) is 0 Å². The largest absolute Gasteiger partial charge is 0.382 e. The quantitative estimate of drug-likeness (QED) is 0.540. The van der Waals surface area contributed by atoms with E-state index in [1.807, 2.05) is 14.0 Å². The number of rotatable bonds is 9. The van der Waals surface area contributed by atoms with E-state index in [-0.39, 0.29) is 5.92 Å². The van der Waals surface area contributed by atoms with Crippen LogP contribution >= 0.6 is 0 Å². The average Bonchev–Trinajstić information content (AvgIpc) is 2.23. The van der Waals surface area contributed by atoms with Gasteiger partial charge in [-0.1, -0.05) is 0 Å². The van der Waals surface area contributed by atoms with E-state index in [9.17, 15) is 0 Å². The predicted molar refractivity (Wildman–Crippen MR) is 59.6 cm³/mol. The Morgan fingerprint density at radius 1 is 1.33 bits per heavy atom. The zero-order chi connectivity index (χ0) is 11.5. The molecule has 0 bridgehead atoms. The van der Waals surface area contributed by atoms with Crippen LogP contribution in [0.25, 0.3) is 0 Å². The molecule has 4 nitrogen and oxygen atoms in total. The second kappa shape index (κ2) is 9.91. The number of nitrogens with zero attached hydrogens (tertiary/aromatic N) is 2. The maximum Gasteiger partial charge on any atom is 0.0700 e. The van der Waals surface area contributed by atoms with E-state index in [0.717, 1.165) is 26.1 Å². The minimum Gasteiger partial charge on any atom is -0.382 e. The lowest BCUT2D eigenvalue weighted by molar-refractivity contribution is 0.0660. The second-order valence-electron chi connectivity index (χ2n) is 3.75. The summed E-state index contributed by atoms with van der Waals surface area (Å²) in [7, 11) is 3.70. The van der Waals surface area contributed by atoms with E-state index >= 15 is 0 Å². The first-order chi connectivity index (χ1) is 7.20. The van der Waals surface area contributed by atoms with Crippen LogP contribution in [0.15, 0.2) is 0 Å². The minimum absolute atomic E-state index is 0.101. The van der Waals surface area contributed by atoms with E-state index in [0.29, 0.717) is 13.2 Å². The molecular formula is C11H22N2O2. The maximum absolute atomic E-state index is 8.64. The molecule has 15 heavy (non-hydrogen) atoms. The standard InChI is InChI=1S/C11H22N2O2/c1-11(9-12)10-13(2)5-4-6-15-8-7-14-3/h11H,4-8,10H2,1-3H3. The zero-order valence-corrected chi connectivity index (χ0v) is 10.0. The van der Waals surface area contributed by atoms with Crippen molar-refractivity contribution < 1.29 is 9.47 Å². The number of ether oxygens (including phenoxy) is 2. The lowest BCUT2D eigenvalue weighted by Crippen LogP contribution is -2.25. The Morgan fingerprint density at radius 2 is 2.07 bits per heavy atom. The van der Waals surface area contributed by atoms with Crippen LogP contribution in [0.3, 0.4) is 0 Å². The van der Waals surface area contributed by atoms with Crippen molar-refractivity contribution in [3.63, 3.8) is 0 Å². The summed E-state index contributed by atoms with van der Waals surface area (Å²) in [5.74, 6) is 0.101. The molecule has 0 aromatic rings. The molecule has 0 rings (SSSR count). The highest BCUT2D eigenvalue weighted by Gasteiger charge is 2.04. The molecule has 0 aromatic carbocycles. The number of nitriles is 1. The lowest BCUT2D eigenvalue weighted by atomic mass is 10.2. The maximum atomic E-state index is 8.64. The number of hydrogen-bond acceptors (Lipinski definition) is 4. The zero-order valence-electron chi connectivity index (χ0n) is 10.0. The third kappa shape index (κ3) is 9.67. The van der Waals surface area contributed by atoms with Gasteiger partial charge in [0.15, 0.2) is 0 Å². The summed E-state index contributed by atoms with van der Waals surface area (Å²) in [6.45, 7) is 5.81. The molecule has 0 aromatic heterocycles. The summed E-state index contributed by atoms with van der Waals surface area (Å²) in [6.07, 6.45) is 0.998. The first-order valence-corrected chi connectivity index (χ1v) is 5.35. The van der Waals surface area contributed by atoms with Gasteiger partial charge < -0.3 is 14.4 Å². The van der Waals surface area contributed by atoms with Gasteiger partial charge in [-0.05, 0) is 20.4 Å².